The first-order valence-electron chi connectivity index (χ1n) is 13.0. The lowest BCUT2D eigenvalue weighted by atomic mass is 9.93. The SMILES string of the molecule is CCC/C=C(\CCC)[C@@H](NP(=O)(c1ccccc1)c1ccccc1)c1ccc(-c2ccccc2)cc1. The quantitative estimate of drug-likeness (QED) is 0.168. The molecule has 0 fully saturated rings. The maximum absolute atomic E-state index is 14.9. The molecule has 0 saturated heterocycles. The molecule has 1 atom stereocenters. The molecule has 0 aliphatic carbocycles. The standard InChI is InChI=1S/C33H36NOP/c1-3-5-16-29(15-4-2)33(30-25-23-28(24-26-30)27-17-9-6-10-18-27)34-36(35,31-19-11-7-12-20-31)32-21-13-8-14-22-32/h6-14,16-26,33H,3-5,15H2,1-2H3,(H,34,35)/b29-16+/t33-/m1/s1. The van der Waals surface area contributed by atoms with E-state index in [0.717, 1.165) is 41.9 Å². The Morgan fingerprint density at radius 2 is 1.19 bits per heavy atom. The zero-order valence-corrected chi connectivity index (χ0v) is 22.2. The highest BCUT2D eigenvalue weighted by molar-refractivity contribution is 7.76. The minimum atomic E-state index is -3.12. The van der Waals surface area contributed by atoms with Crippen molar-refractivity contribution in [2.45, 2.75) is 45.6 Å². The molecule has 0 aliphatic heterocycles. The summed E-state index contributed by atoms with van der Waals surface area (Å²) in [5, 5.41) is 5.37. The molecule has 0 unspecified atom stereocenters. The molecule has 0 aromatic heterocycles. The fraction of sp³-hybridized carbons (Fsp3) is 0.212. The lowest BCUT2D eigenvalue weighted by Crippen LogP contribution is -2.31. The van der Waals surface area contributed by atoms with Gasteiger partial charge in [-0.1, -0.05) is 129 Å². The lowest BCUT2D eigenvalue weighted by molar-refractivity contribution is 0.568. The van der Waals surface area contributed by atoms with Crippen molar-refractivity contribution in [2.24, 2.45) is 0 Å². The summed E-state index contributed by atoms with van der Waals surface area (Å²) in [5.74, 6) is 0. The molecule has 2 nitrogen and oxygen atoms in total. The van der Waals surface area contributed by atoms with E-state index in [2.05, 4.69) is 73.5 Å². The summed E-state index contributed by atoms with van der Waals surface area (Å²) in [4.78, 5) is 0. The second-order valence-electron chi connectivity index (χ2n) is 9.15. The molecule has 3 heteroatoms. The van der Waals surface area contributed by atoms with Crippen molar-refractivity contribution in [3.63, 3.8) is 0 Å². The van der Waals surface area contributed by atoms with E-state index in [4.69, 9.17) is 0 Å². The van der Waals surface area contributed by atoms with E-state index in [1.54, 1.807) is 0 Å². The summed E-state index contributed by atoms with van der Waals surface area (Å²) in [5.41, 5.74) is 4.82. The highest BCUT2D eigenvalue weighted by Crippen LogP contribution is 2.44. The third kappa shape index (κ3) is 6.13. The number of nitrogens with one attached hydrogen (secondary N) is 1. The van der Waals surface area contributed by atoms with E-state index in [1.165, 1.54) is 16.7 Å². The summed E-state index contributed by atoms with van der Waals surface area (Å²) < 4.78 is 14.9. The molecule has 0 amide bonds. The molecule has 4 aromatic rings. The van der Waals surface area contributed by atoms with Crippen LogP contribution in [-0.2, 0) is 4.57 Å². The normalized spacial score (nSPS) is 12.9. The van der Waals surface area contributed by atoms with Gasteiger partial charge in [0.2, 0.25) is 7.29 Å². The zero-order chi connectivity index (χ0) is 25.2. The molecule has 0 heterocycles. The minimum Gasteiger partial charge on any atom is -0.296 e. The van der Waals surface area contributed by atoms with Gasteiger partial charge in [-0.05, 0) is 53.8 Å². The van der Waals surface area contributed by atoms with Gasteiger partial charge in [-0.15, -0.1) is 0 Å². The first kappa shape index (κ1) is 25.9. The molecule has 0 spiro atoms. The zero-order valence-electron chi connectivity index (χ0n) is 21.3. The predicted octanol–water partition coefficient (Wildman–Crippen LogP) is 8.44. The monoisotopic (exact) mass is 493 g/mol. The Kier molecular flexibility index (Phi) is 9.11. The van der Waals surface area contributed by atoms with Gasteiger partial charge in [0.05, 0.1) is 6.04 Å². The van der Waals surface area contributed by atoms with E-state index in [9.17, 15) is 4.57 Å². The first-order chi connectivity index (χ1) is 17.7. The van der Waals surface area contributed by atoms with Crippen LogP contribution in [-0.4, -0.2) is 0 Å². The number of allylic oxidation sites excluding steroid dienone is 1. The van der Waals surface area contributed by atoms with Gasteiger partial charge in [0, 0.05) is 10.6 Å². The van der Waals surface area contributed by atoms with Crippen LogP contribution >= 0.6 is 7.29 Å². The molecule has 0 saturated carbocycles. The van der Waals surface area contributed by atoms with Gasteiger partial charge in [-0.2, -0.15) is 0 Å². The van der Waals surface area contributed by atoms with Gasteiger partial charge < -0.3 is 0 Å². The molecule has 184 valence electrons. The Bertz CT molecular complexity index is 1240. The molecule has 0 bridgehead atoms. The van der Waals surface area contributed by atoms with Crippen molar-refractivity contribution >= 4 is 17.9 Å². The highest BCUT2D eigenvalue weighted by atomic mass is 31.2. The molecule has 4 aromatic carbocycles. The second kappa shape index (κ2) is 12.7. The molecule has 0 aliphatic rings. The Morgan fingerprint density at radius 1 is 0.694 bits per heavy atom. The number of hydrogen-bond acceptors (Lipinski definition) is 1. The van der Waals surface area contributed by atoms with Crippen molar-refractivity contribution in [3.8, 4) is 11.1 Å². The average Bonchev–Trinajstić information content (AvgIpc) is 2.95. The second-order valence-corrected chi connectivity index (χ2v) is 11.7. The summed E-state index contributed by atoms with van der Waals surface area (Å²) in [7, 11) is -3.12. The third-order valence-electron chi connectivity index (χ3n) is 6.51. The Balaban J connectivity index is 1.81. The van der Waals surface area contributed by atoms with Gasteiger partial charge in [0.1, 0.15) is 0 Å². The molecule has 4 rings (SSSR count). The molecule has 1 N–H and O–H groups in total. The number of hydrogen-bond donors (Lipinski definition) is 1. The largest absolute Gasteiger partial charge is 0.296 e. The van der Waals surface area contributed by atoms with Crippen LogP contribution in [0.1, 0.15) is 51.1 Å². The van der Waals surface area contributed by atoms with Gasteiger partial charge in [-0.3, -0.25) is 4.57 Å². The predicted molar refractivity (Wildman–Crippen MR) is 155 cm³/mol. The fourth-order valence-electron chi connectivity index (χ4n) is 4.61. The third-order valence-corrected chi connectivity index (χ3v) is 9.18. The van der Waals surface area contributed by atoms with E-state index in [-0.39, 0.29) is 6.04 Å². The summed E-state index contributed by atoms with van der Waals surface area (Å²) in [6.45, 7) is 4.42. The lowest BCUT2D eigenvalue weighted by Gasteiger charge is -2.29. The van der Waals surface area contributed by atoms with Gasteiger partial charge in [0.25, 0.3) is 0 Å². The summed E-state index contributed by atoms with van der Waals surface area (Å²) in [6, 6.07) is 38.8. The maximum atomic E-state index is 14.9. The van der Waals surface area contributed by atoms with E-state index >= 15 is 0 Å². The van der Waals surface area contributed by atoms with E-state index < -0.39 is 7.29 Å². The minimum absolute atomic E-state index is 0.146. The molecule has 0 radical (unpaired) electrons. The van der Waals surface area contributed by atoms with Crippen LogP contribution in [0.2, 0.25) is 0 Å². The van der Waals surface area contributed by atoms with Crippen LogP contribution in [0, 0.1) is 0 Å². The van der Waals surface area contributed by atoms with Crippen LogP contribution in [0.3, 0.4) is 0 Å². The van der Waals surface area contributed by atoms with Crippen molar-refractivity contribution in [3.05, 3.63) is 132 Å². The van der Waals surface area contributed by atoms with E-state index in [1.807, 2.05) is 66.7 Å². The summed E-state index contributed by atoms with van der Waals surface area (Å²) >= 11 is 0. The van der Waals surface area contributed by atoms with Crippen molar-refractivity contribution in [1.82, 2.24) is 5.09 Å². The van der Waals surface area contributed by atoms with E-state index in [0.29, 0.717) is 0 Å². The van der Waals surface area contributed by atoms with Gasteiger partial charge in [-0.25, -0.2) is 5.09 Å². The van der Waals surface area contributed by atoms with Crippen LogP contribution in [0.4, 0.5) is 0 Å². The van der Waals surface area contributed by atoms with Crippen molar-refractivity contribution in [2.75, 3.05) is 0 Å². The number of benzene rings is 4. The first-order valence-corrected chi connectivity index (χ1v) is 14.7. The van der Waals surface area contributed by atoms with Crippen molar-refractivity contribution < 1.29 is 4.57 Å². The highest BCUT2D eigenvalue weighted by Gasteiger charge is 2.32. The summed E-state index contributed by atoms with van der Waals surface area (Å²) in [6.07, 6.45) is 6.45. The average molecular weight is 494 g/mol. The van der Waals surface area contributed by atoms with Crippen LogP contribution in [0.15, 0.2) is 127 Å². The Labute approximate surface area is 216 Å². The topological polar surface area (TPSA) is 29.1 Å². The van der Waals surface area contributed by atoms with Gasteiger partial charge in [0.15, 0.2) is 0 Å². The Hall–Kier alpha value is -3.19. The molecule has 36 heavy (non-hydrogen) atoms. The number of rotatable bonds is 11. The fourth-order valence-corrected chi connectivity index (χ4v) is 7.07. The van der Waals surface area contributed by atoms with Crippen LogP contribution < -0.4 is 15.7 Å². The molecular formula is C33H36NOP. The van der Waals surface area contributed by atoms with Crippen LogP contribution in [0.25, 0.3) is 11.1 Å². The smallest absolute Gasteiger partial charge is 0.205 e. The number of unbranched alkanes of at least 4 members (excludes halogenated alkanes) is 1. The van der Waals surface area contributed by atoms with Gasteiger partial charge >= 0.3 is 0 Å². The van der Waals surface area contributed by atoms with Crippen molar-refractivity contribution in [1.29, 1.82) is 0 Å². The Morgan fingerprint density at radius 3 is 1.69 bits per heavy atom. The molecular weight excluding hydrogens is 457 g/mol. The van der Waals surface area contributed by atoms with Crippen LogP contribution in [0.5, 0.6) is 0 Å². The maximum Gasteiger partial charge on any atom is 0.205 e.